The molecule has 0 bridgehead atoms. The van der Waals surface area contributed by atoms with Gasteiger partial charge in [0.05, 0.1) is 0 Å². The van der Waals surface area contributed by atoms with Gasteiger partial charge in [-0.1, -0.05) is 39.0 Å². The van der Waals surface area contributed by atoms with Gasteiger partial charge >= 0.3 is 0 Å². The molecule has 0 fully saturated rings. The number of benzene rings is 1. The molecule has 0 amide bonds. The van der Waals surface area contributed by atoms with Crippen molar-refractivity contribution in [3.05, 3.63) is 29.3 Å². The first-order chi connectivity index (χ1) is 7.63. The highest BCUT2D eigenvalue weighted by Gasteiger charge is 2.31. The standard InChI is InChI=1S/C14H18O2/c1-4-10-6-5-7-11-8-12(16-14(10)11)13(15)9(2)3/h5-7,9,12H,4,8H2,1-3H3. The van der Waals surface area contributed by atoms with Crippen molar-refractivity contribution >= 4 is 5.78 Å². The van der Waals surface area contributed by atoms with Gasteiger partial charge < -0.3 is 4.74 Å². The number of Topliss-reactive ketones (excluding diaryl/α,β-unsaturated/α-hetero) is 1. The zero-order chi connectivity index (χ0) is 11.7. The largest absolute Gasteiger partial charge is 0.482 e. The van der Waals surface area contributed by atoms with Crippen molar-refractivity contribution in [1.29, 1.82) is 0 Å². The first-order valence-corrected chi connectivity index (χ1v) is 5.94. The van der Waals surface area contributed by atoms with Gasteiger partial charge in [-0.15, -0.1) is 0 Å². The molecular formula is C14H18O2. The summed E-state index contributed by atoms with van der Waals surface area (Å²) in [5.41, 5.74) is 2.38. The molecule has 1 heterocycles. The normalized spacial score (nSPS) is 18.4. The third-order valence-electron chi connectivity index (χ3n) is 3.11. The van der Waals surface area contributed by atoms with Gasteiger partial charge in [0, 0.05) is 12.3 Å². The van der Waals surface area contributed by atoms with E-state index in [1.807, 2.05) is 19.9 Å². The highest BCUT2D eigenvalue weighted by Crippen LogP contribution is 2.33. The van der Waals surface area contributed by atoms with Crippen LogP contribution in [0.5, 0.6) is 5.75 Å². The molecule has 2 rings (SSSR count). The van der Waals surface area contributed by atoms with Crippen molar-refractivity contribution in [2.75, 3.05) is 0 Å². The van der Waals surface area contributed by atoms with E-state index in [1.165, 1.54) is 11.1 Å². The molecule has 86 valence electrons. The predicted molar refractivity (Wildman–Crippen MR) is 63.8 cm³/mol. The number of rotatable bonds is 3. The number of fused-ring (bicyclic) bond motifs is 1. The van der Waals surface area contributed by atoms with Crippen molar-refractivity contribution in [2.45, 2.75) is 39.7 Å². The van der Waals surface area contributed by atoms with E-state index in [0.717, 1.165) is 18.6 Å². The molecule has 2 heteroatoms. The van der Waals surface area contributed by atoms with Gasteiger partial charge in [0.2, 0.25) is 0 Å². The Kier molecular flexibility index (Phi) is 2.99. The number of aryl methyl sites for hydroxylation is 1. The summed E-state index contributed by atoms with van der Waals surface area (Å²) in [7, 11) is 0. The molecule has 0 aliphatic carbocycles. The maximum Gasteiger partial charge on any atom is 0.176 e. The topological polar surface area (TPSA) is 26.3 Å². The zero-order valence-electron chi connectivity index (χ0n) is 10.1. The Balaban J connectivity index is 2.24. The number of ether oxygens (including phenoxy) is 1. The summed E-state index contributed by atoms with van der Waals surface area (Å²) in [6, 6.07) is 6.17. The molecule has 2 nitrogen and oxygen atoms in total. The lowest BCUT2D eigenvalue weighted by molar-refractivity contribution is -0.128. The van der Waals surface area contributed by atoms with E-state index < -0.39 is 0 Å². The zero-order valence-corrected chi connectivity index (χ0v) is 10.1. The maximum atomic E-state index is 11.9. The fraction of sp³-hybridized carbons (Fsp3) is 0.500. The Morgan fingerprint density at radius 2 is 2.25 bits per heavy atom. The fourth-order valence-corrected chi connectivity index (χ4v) is 2.14. The summed E-state index contributed by atoms with van der Waals surface area (Å²) >= 11 is 0. The second kappa shape index (κ2) is 4.28. The number of para-hydroxylation sites is 1. The summed E-state index contributed by atoms with van der Waals surface area (Å²) in [5.74, 6) is 1.20. The van der Waals surface area contributed by atoms with Crippen LogP contribution in [0.3, 0.4) is 0 Å². The first kappa shape index (κ1) is 11.2. The number of carbonyl (C=O) groups excluding carboxylic acids is 1. The van der Waals surface area contributed by atoms with Crippen LogP contribution in [0.4, 0.5) is 0 Å². The van der Waals surface area contributed by atoms with Gasteiger partial charge in [-0.2, -0.15) is 0 Å². The molecule has 0 saturated carbocycles. The molecule has 0 radical (unpaired) electrons. The molecule has 1 aliphatic rings. The van der Waals surface area contributed by atoms with Crippen LogP contribution < -0.4 is 4.74 Å². The summed E-state index contributed by atoms with van der Waals surface area (Å²) in [5, 5.41) is 0. The summed E-state index contributed by atoms with van der Waals surface area (Å²) < 4.78 is 5.80. The van der Waals surface area contributed by atoms with Crippen LogP contribution >= 0.6 is 0 Å². The van der Waals surface area contributed by atoms with E-state index in [9.17, 15) is 4.79 Å². The minimum absolute atomic E-state index is 0.0457. The highest BCUT2D eigenvalue weighted by molar-refractivity contribution is 5.86. The molecule has 1 aliphatic heterocycles. The first-order valence-electron chi connectivity index (χ1n) is 5.94. The van der Waals surface area contributed by atoms with Crippen molar-refractivity contribution in [2.24, 2.45) is 5.92 Å². The lowest BCUT2D eigenvalue weighted by atomic mass is 9.99. The quantitative estimate of drug-likeness (QED) is 0.779. The summed E-state index contributed by atoms with van der Waals surface area (Å²) in [6.45, 7) is 5.96. The van der Waals surface area contributed by atoms with Crippen LogP contribution in [-0.4, -0.2) is 11.9 Å². The van der Waals surface area contributed by atoms with Crippen LogP contribution in [-0.2, 0) is 17.6 Å². The van der Waals surface area contributed by atoms with E-state index in [2.05, 4.69) is 19.1 Å². The van der Waals surface area contributed by atoms with Gasteiger partial charge in [0.1, 0.15) is 5.75 Å². The Bertz CT molecular complexity index is 407. The van der Waals surface area contributed by atoms with Crippen LogP contribution in [0.15, 0.2) is 18.2 Å². The van der Waals surface area contributed by atoms with Gasteiger partial charge in [-0.25, -0.2) is 0 Å². The van der Waals surface area contributed by atoms with Gasteiger partial charge in [0.15, 0.2) is 11.9 Å². The SMILES string of the molecule is CCc1cccc2c1OC(C(=O)C(C)C)C2. The number of hydrogen-bond donors (Lipinski definition) is 0. The van der Waals surface area contributed by atoms with Crippen molar-refractivity contribution < 1.29 is 9.53 Å². The highest BCUT2D eigenvalue weighted by atomic mass is 16.5. The molecule has 1 aromatic carbocycles. The second-order valence-corrected chi connectivity index (χ2v) is 4.63. The molecule has 0 spiro atoms. The minimum Gasteiger partial charge on any atom is -0.482 e. The van der Waals surface area contributed by atoms with Crippen LogP contribution in [0.2, 0.25) is 0 Å². The third-order valence-corrected chi connectivity index (χ3v) is 3.11. The van der Waals surface area contributed by atoms with Crippen molar-refractivity contribution in [3.8, 4) is 5.75 Å². The van der Waals surface area contributed by atoms with E-state index in [4.69, 9.17) is 4.74 Å². The van der Waals surface area contributed by atoms with Crippen molar-refractivity contribution in [3.63, 3.8) is 0 Å². The molecule has 1 unspecified atom stereocenters. The fourth-order valence-electron chi connectivity index (χ4n) is 2.14. The maximum absolute atomic E-state index is 11.9. The van der Waals surface area contributed by atoms with Crippen LogP contribution in [0.1, 0.15) is 31.9 Å². The predicted octanol–water partition coefficient (Wildman–Crippen LogP) is 2.78. The van der Waals surface area contributed by atoms with Gasteiger partial charge in [-0.05, 0) is 17.5 Å². The van der Waals surface area contributed by atoms with Crippen LogP contribution in [0, 0.1) is 5.92 Å². The number of ketones is 1. The molecular weight excluding hydrogens is 200 g/mol. The average molecular weight is 218 g/mol. The molecule has 0 saturated heterocycles. The number of carbonyl (C=O) groups is 1. The second-order valence-electron chi connectivity index (χ2n) is 4.63. The molecule has 16 heavy (non-hydrogen) atoms. The van der Waals surface area contributed by atoms with Crippen LogP contribution in [0.25, 0.3) is 0 Å². The minimum atomic E-state index is -0.261. The summed E-state index contributed by atoms with van der Waals surface area (Å²) in [4.78, 5) is 11.9. The lowest BCUT2D eigenvalue weighted by Gasteiger charge is -2.12. The smallest absolute Gasteiger partial charge is 0.176 e. The van der Waals surface area contributed by atoms with E-state index in [-0.39, 0.29) is 17.8 Å². The molecule has 1 aromatic rings. The van der Waals surface area contributed by atoms with Gasteiger partial charge in [0.25, 0.3) is 0 Å². The Morgan fingerprint density at radius 3 is 2.88 bits per heavy atom. The average Bonchev–Trinajstić information content (AvgIpc) is 2.70. The summed E-state index contributed by atoms with van der Waals surface area (Å²) in [6.07, 6.45) is 1.43. The molecule has 0 aromatic heterocycles. The number of hydrogen-bond acceptors (Lipinski definition) is 2. The van der Waals surface area contributed by atoms with Crippen molar-refractivity contribution in [1.82, 2.24) is 0 Å². The van der Waals surface area contributed by atoms with E-state index in [0.29, 0.717) is 0 Å². The Hall–Kier alpha value is -1.31. The third kappa shape index (κ3) is 1.84. The molecule has 1 atom stereocenters. The Morgan fingerprint density at radius 1 is 1.50 bits per heavy atom. The Labute approximate surface area is 96.6 Å². The van der Waals surface area contributed by atoms with E-state index in [1.54, 1.807) is 0 Å². The lowest BCUT2D eigenvalue weighted by Crippen LogP contribution is -2.29. The van der Waals surface area contributed by atoms with E-state index >= 15 is 0 Å². The van der Waals surface area contributed by atoms with Gasteiger partial charge in [-0.3, -0.25) is 4.79 Å². The molecule has 0 N–H and O–H groups in total. The monoisotopic (exact) mass is 218 g/mol.